The van der Waals surface area contributed by atoms with Gasteiger partial charge in [-0.15, -0.1) is 0 Å². The fraction of sp³-hybridized carbons (Fsp3) is 0. The van der Waals surface area contributed by atoms with E-state index in [2.05, 4.69) is 10.1 Å². The fourth-order valence-electron chi connectivity index (χ4n) is 1.89. The first-order chi connectivity index (χ1) is 10.2. The Balaban J connectivity index is 2.08. The van der Waals surface area contributed by atoms with Crippen LogP contribution in [0, 0.1) is 23.0 Å². The van der Waals surface area contributed by atoms with Gasteiger partial charge >= 0.3 is 0 Å². The predicted molar refractivity (Wildman–Crippen MR) is 69.8 cm³/mol. The van der Waals surface area contributed by atoms with Crippen LogP contribution in [0.4, 0.5) is 8.78 Å². The molecular formula is C15H7F2N3O. The first-order valence-corrected chi connectivity index (χ1v) is 5.97. The number of benzene rings is 2. The zero-order valence-corrected chi connectivity index (χ0v) is 10.5. The molecule has 0 aliphatic carbocycles. The lowest BCUT2D eigenvalue weighted by molar-refractivity contribution is 0.432. The number of nitrogens with zero attached hydrogens (tertiary/aromatic N) is 3. The quantitative estimate of drug-likeness (QED) is 0.721. The lowest BCUT2D eigenvalue weighted by Gasteiger charge is -1.98. The van der Waals surface area contributed by atoms with Crippen molar-refractivity contribution in [2.24, 2.45) is 0 Å². The number of rotatable bonds is 2. The van der Waals surface area contributed by atoms with Crippen LogP contribution in [-0.2, 0) is 0 Å². The molecule has 0 atom stereocenters. The molecule has 0 aliphatic rings. The Hall–Kier alpha value is -3.07. The van der Waals surface area contributed by atoms with E-state index in [9.17, 15) is 8.78 Å². The number of aromatic nitrogens is 2. The van der Waals surface area contributed by atoms with E-state index in [1.165, 1.54) is 36.4 Å². The highest BCUT2D eigenvalue weighted by atomic mass is 19.1. The highest BCUT2D eigenvalue weighted by molar-refractivity contribution is 5.65. The van der Waals surface area contributed by atoms with Crippen LogP contribution in [0.3, 0.4) is 0 Å². The van der Waals surface area contributed by atoms with Gasteiger partial charge in [0.2, 0.25) is 5.82 Å². The number of nitriles is 1. The second-order valence-corrected chi connectivity index (χ2v) is 4.21. The average Bonchev–Trinajstić information content (AvgIpc) is 2.96. The molecule has 1 aromatic heterocycles. The molecule has 0 saturated heterocycles. The summed E-state index contributed by atoms with van der Waals surface area (Å²) in [7, 11) is 0. The van der Waals surface area contributed by atoms with Crippen LogP contribution in [0.15, 0.2) is 47.0 Å². The summed E-state index contributed by atoms with van der Waals surface area (Å²) in [5.41, 5.74) is 0.458. The van der Waals surface area contributed by atoms with Crippen molar-refractivity contribution in [3.63, 3.8) is 0 Å². The molecule has 0 fully saturated rings. The largest absolute Gasteiger partial charge is 0.334 e. The van der Waals surface area contributed by atoms with Gasteiger partial charge in [0.1, 0.15) is 23.3 Å². The Labute approximate surface area is 118 Å². The minimum Gasteiger partial charge on any atom is -0.334 e. The lowest BCUT2D eigenvalue weighted by atomic mass is 10.1. The van der Waals surface area contributed by atoms with Gasteiger partial charge in [-0.05, 0) is 24.3 Å². The summed E-state index contributed by atoms with van der Waals surface area (Å²) < 4.78 is 31.8. The van der Waals surface area contributed by atoms with Gasteiger partial charge in [0, 0.05) is 5.56 Å². The molecule has 2 aromatic carbocycles. The summed E-state index contributed by atoms with van der Waals surface area (Å²) in [5, 5.41) is 12.7. The molecule has 4 nitrogen and oxygen atoms in total. The third-order valence-electron chi connectivity index (χ3n) is 2.86. The number of hydrogen-bond acceptors (Lipinski definition) is 4. The van der Waals surface area contributed by atoms with Crippen LogP contribution >= 0.6 is 0 Å². The highest BCUT2D eigenvalue weighted by Gasteiger charge is 2.16. The Bertz CT molecular complexity index is 852. The molecule has 0 saturated carbocycles. The molecular weight excluding hydrogens is 276 g/mol. The summed E-state index contributed by atoms with van der Waals surface area (Å²) in [6, 6.07) is 11.6. The van der Waals surface area contributed by atoms with Crippen molar-refractivity contribution in [1.82, 2.24) is 10.1 Å². The maximum atomic E-state index is 13.6. The van der Waals surface area contributed by atoms with Gasteiger partial charge in [0.05, 0.1) is 5.56 Å². The van der Waals surface area contributed by atoms with Gasteiger partial charge in [-0.25, -0.2) is 8.78 Å². The molecule has 1 heterocycles. The zero-order valence-electron chi connectivity index (χ0n) is 10.5. The van der Waals surface area contributed by atoms with Crippen LogP contribution in [0.1, 0.15) is 5.56 Å². The van der Waals surface area contributed by atoms with Gasteiger partial charge in [0.25, 0.3) is 5.89 Å². The zero-order chi connectivity index (χ0) is 14.8. The summed E-state index contributed by atoms with van der Waals surface area (Å²) in [6.45, 7) is 0. The number of halogens is 2. The SMILES string of the molecule is N#Cc1c(F)cccc1-c1nc(-c2cccc(F)c2)no1. The molecule has 0 amide bonds. The normalized spacial score (nSPS) is 10.3. The molecule has 0 radical (unpaired) electrons. The molecule has 3 rings (SSSR count). The van der Waals surface area contributed by atoms with Crippen LogP contribution in [0.2, 0.25) is 0 Å². The van der Waals surface area contributed by atoms with Gasteiger partial charge in [0.15, 0.2) is 0 Å². The van der Waals surface area contributed by atoms with Crippen molar-refractivity contribution < 1.29 is 13.3 Å². The third kappa shape index (κ3) is 2.37. The summed E-state index contributed by atoms with van der Waals surface area (Å²) in [5.74, 6) is -0.925. The smallest absolute Gasteiger partial charge is 0.259 e. The van der Waals surface area contributed by atoms with Crippen LogP contribution in [0.5, 0.6) is 0 Å². The van der Waals surface area contributed by atoms with Crippen molar-refractivity contribution >= 4 is 0 Å². The molecule has 0 N–H and O–H groups in total. The maximum Gasteiger partial charge on any atom is 0.259 e. The molecule has 21 heavy (non-hydrogen) atoms. The van der Waals surface area contributed by atoms with Gasteiger partial charge < -0.3 is 4.52 Å². The van der Waals surface area contributed by atoms with Gasteiger partial charge in [-0.2, -0.15) is 10.2 Å². The van der Waals surface area contributed by atoms with Gasteiger partial charge in [-0.3, -0.25) is 0 Å². The molecule has 0 aliphatic heterocycles. The predicted octanol–water partition coefficient (Wildman–Crippen LogP) is 3.55. The Morgan fingerprint density at radius 3 is 2.67 bits per heavy atom. The molecule has 6 heteroatoms. The molecule has 0 spiro atoms. The Morgan fingerprint density at radius 2 is 1.90 bits per heavy atom. The van der Waals surface area contributed by atoms with Gasteiger partial charge in [-0.1, -0.05) is 23.4 Å². The maximum absolute atomic E-state index is 13.6. The number of hydrogen-bond donors (Lipinski definition) is 0. The molecule has 0 bridgehead atoms. The molecule has 3 aromatic rings. The molecule has 0 unspecified atom stereocenters. The summed E-state index contributed by atoms with van der Waals surface area (Å²) >= 11 is 0. The summed E-state index contributed by atoms with van der Waals surface area (Å²) in [4.78, 5) is 4.08. The van der Waals surface area contributed by atoms with E-state index in [1.807, 2.05) is 0 Å². The van der Waals surface area contributed by atoms with Crippen molar-refractivity contribution in [3.05, 3.63) is 59.7 Å². The van der Waals surface area contributed by atoms with Crippen LogP contribution < -0.4 is 0 Å². The first kappa shape index (κ1) is 12.9. The minimum absolute atomic E-state index is 0.00492. The van der Waals surface area contributed by atoms with Crippen LogP contribution in [-0.4, -0.2) is 10.1 Å². The second-order valence-electron chi connectivity index (χ2n) is 4.21. The fourth-order valence-corrected chi connectivity index (χ4v) is 1.89. The van der Waals surface area contributed by atoms with Crippen LogP contribution in [0.25, 0.3) is 22.8 Å². The van der Waals surface area contributed by atoms with E-state index in [1.54, 1.807) is 12.1 Å². The third-order valence-corrected chi connectivity index (χ3v) is 2.86. The van der Waals surface area contributed by atoms with E-state index >= 15 is 0 Å². The van der Waals surface area contributed by atoms with Crippen molar-refractivity contribution in [2.45, 2.75) is 0 Å². The highest BCUT2D eigenvalue weighted by Crippen LogP contribution is 2.26. The first-order valence-electron chi connectivity index (χ1n) is 5.97. The average molecular weight is 283 g/mol. The van der Waals surface area contributed by atoms with E-state index in [0.717, 1.165) is 0 Å². The second kappa shape index (κ2) is 5.13. The van der Waals surface area contributed by atoms with Crippen molar-refractivity contribution in [1.29, 1.82) is 5.26 Å². The van der Waals surface area contributed by atoms with E-state index in [-0.39, 0.29) is 22.8 Å². The van der Waals surface area contributed by atoms with Crippen molar-refractivity contribution in [2.75, 3.05) is 0 Å². The minimum atomic E-state index is -0.666. The Morgan fingerprint density at radius 1 is 1.10 bits per heavy atom. The lowest BCUT2D eigenvalue weighted by Crippen LogP contribution is -1.89. The standard InChI is InChI=1S/C15H7F2N3O/c16-10-4-1-3-9(7-10)14-19-15(21-20-14)11-5-2-6-13(17)12(11)8-18/h1-7H. The van der Waals surface area contributed by atoms with E-state index in [4.69, 9.17) is 9.78 Å². The molecule has 102 valence electrons. The summed E-state index contributed by atoms with van der Waals surface area (Å²) in [6.07, 6.45) is 0. The van der Waals surface area contributed by atoms with E-state index in [0.29, 0.717) is 5.56 Å². The van der Waals surface area contributed by atoms with Crippen molar-refractivity contribution in [3.8, 4) is 28.9 Å². The topological polar surface area (TPSA) is 62.7 Å². The monoisotopic (exact) mass is 283 g/mol. The van der Waals surface area contributed by atoms with E-state index < -0.39 is 11.6 Å². The Kier molecular flexibility index (Phi) is 3.16.